The molecule has 0 aromatic carbocycles. The van der Waals surface area contributed by atoms with Crippen molar-refractivity contribution >= 4 is 11.8 Å². The second kappa shape index (κ2) is 6.41. The number of carboxylic acids is 1. The molecule has 116 valence electrons. The van der Waals surface area contributed by atoms with Crippen molar-refractivity contribution in [3.8, 4) is 0 Å². The predicted molar refractivity (Wildman–Crippen MR) is 83.0 cm³/mol. The van der Waals surface area contributed by atoms with Crippen LogP contribution >= 0.6 is 0 Å². The van der Waals surface area contributed by atoms with Crippen LogP contribution in [0.3, 0.4) is 0 Å². The zero-order valence-corrected chi connectivity index (χ0v) is 13.4. The van der Waals surface area contributed by atoms with Gasteiger partial charge in [-0.1, -0.05) is 27.7 Å². The van der Waals surface area contributed by atoms with Crippen molar-refractivity contribution in [2.45, 2.75) is 59.4 Å². The molecule has 1 heterocycles. The zero-order chi connectivity index (χ0) is 15.6. The molecule has 0 unspecified atom stereocenters. The molecule has 0 bridgehead atoms. The van der Waals surface area contributed by atoms with Crippen LogP contribution in [0.25, 0.3) is 0 Å². The van der Waals surface area contributed by atoms with Crippen LogP contribution in [-0.4, -0.2) is 33.9 Å². The highest BCUT2D eigenvalue weighted by molar-refractivity contribution is 5.95. The number of hydrogen-bond acceptors (Lipinski definition) is 4. The summed E-state index contributed by atoms with van der Waals surface area (Å²) < 4.78 is 0. The Morgan fingerprint density at radius 2 is 1.95 bits per heavy atom. The minimum absolute atomic E-state index is 0.358. The van der Waals surface area contributed by atoms with Crippen molar-refractivity contribution in [2.75, 3.05) is 11.4 Å². The summed E-state index contributed by atoms with van der Waals surface area (Å²) in [7, 11) is 0. The SMILES string of the molecule is CCc1nnc(N(CC(C)C)C2CC2)c(C(=O)O)c1CC. The number of carboxylic acid groups (broad SMARTS) is 1. The first-order valence-corrected chi connectivity index (χ1v) is 7.87. The van der Waals surface area contributed by atoms with Gasteiger partial charge >= 0.3 is 5.97 Å². The molecule has 1 fully saturated rings. The molecule has 0 atom stereocenters. The zero-order valence-electron chi connectivity index (χ0n) is 13.4. The maximum atomic E-state index is 11.8. The minimum Gasteiger partial charge on any atom is -0.478 e. The summed E-state index contributed by atoms with van der Waals surface area (Å²) in [6.07, 6.45) is 3.62. The number of nitrogens with zero attached hydrogens (tertiary/aromatic N) is 3. The largest absolute Gasteiger partial charge is 0.478 e. The molecule has 5 heteroatoms. The van der Waals surface area contributed by atoms with Crippen LogP contribution in [0.5, 0.6) is 0 Å². The third-order valence-corrected chi connectivity index (χ3v) is 3.86. The van der Waals surface area contributed by atoms with Crippen molar-refractivity contribution < 1.29 is 9.90 Å². The van der Waals surface area contributed by atoms with E-state index in [4.69, 9.17) is 0 Å². The van der Waals surface area contributed by atoms with E-state index in [2.05, 4.69) is 28.9 Å². The quantitative estimate of drug-likeness (QED) is 0.836. The van der Waals surface area contributed by atoms with Gasteiger partial charge in [-0.25, -0.2) is 4.79 Å². The number of rotatable bonds is 7. The van der Waals surface area contributed by atoms with Gasteiger partial charge in [-0.2, -0.15) is 5.10 Å². The summed E-state index contributed by atoms with van der Waals surface area (Å²) in [5, 5.41) is 18.3. The molecule has 1 aliphatic rings. The molecule has 0 spiro atoms. The lowest BCUT2D eigenvalue weighted by Gasteiger charge is -2.27. The van der Waals surface area contributed by atoms with Gasteiger partial charge in [0.2, 0.25) is 0 Å². The Morgan fingerprint density at radius 3 is 2.38 bits per heavy atom. The van der Waals surface area contributed by atoms with Gasteiger partial charge in [0.25, 0.3) is 0 Å². The topological polar surface area (TPSA) is 66.3 Å². The van der Waals surface area contributed by atoms with E-state index in [1.807, 2.05) is 13.8 Å². The third-order valence-electron chi connectivity index (χ3n) is 3.86. The van der Waals surface area contributed by atoms with Crippen LogP contribution in [0.4, 0.5) is 5.82 Å². The van der Waals surface area contributed by atoms with Gasteiger partial charge in [0, 0.05) is 12.6 Å². The standard InChI is InChI=1S/C16H25N3O2/c1-5-12-13(6-2)17-18-15(14(12)16(20)21)19(9-10(3)4)11-7-8-11/h10-11H,5-9H2,1-4H3,(H,20,21). The summed E-state index contributed by atoms with van der Waals surface area (Å²) in [5.74, 6) is 0.138. The van der Waals surface area contributed by atoms with Crippen molar-refractivity contribution in [1.29, 1.82) is 0 Å². The molecule has 1 aromatic rings. The van der Waals surface area contributed by atoms with Gasteiger partial charge in [0.05, 0.1) is 5.69 Å². The molecule has 1 N–H and O–H groups in total. The Morgan fingerprint density at radius 1 is 1.29 bits per heavy atom. The Kier molecular flexibility index (Phi) is 4.80. The molecule has 0 aliphatic heterocycles. The molecule has 1 aromatic heterocycles. The number of anilines is 1. The lowest BCUT2D eigenvalue weighted by atomic mass is 10.0. The Bertz CT molecular complexity index is 524. The first kappa shape index (κ1) is 15.7. The molecular formula is C16H25N3O2. The van der Waals surface area contributed by atoms with Gasteiger partial charge in [0.15, 0.2) is 5.82 Å². The molecule has 5 nitrogen and oxygen atoms in total. The molecule has 0 amide bonds. The molecular weight excluding hydrogens is 266 g/mol. The van der Waals surface area contributed by atoms with Crippen molar-refractivity contribution in [1.82, 2.24) is 10.2 Å². The summed E-state index contributed by atoms with van der Waals surface area (Å²) >= 11 is 0. The van der Waals surface area contributed by atoms with Crippen LogP contribution < -0.4 is 4.90 Å². The third kappa shape index (κ3) is 3.34. The number of hydrogen-bond donors (Lipinski definition) is 1. The lowest BCUT2D eigenvalue weighted by Crippen LogP contribution is -2.33. The van der Waals surface area contributed by atoms with E-state index >= 15 is 0 Å². The molecule has 21 heavy (non-hydrogen) atoms. The van der Waals surface area contributed by atoms with Crippen LogP contribution in [0.15, 0.2) is 0 Å². The number of aromatic carboxylic acids is 1. The Hall–Kier alpha value is -1.65. The maximum absolute atomic E-state index is 11.8. The maximum Gasteiger partial charge on any atom is 0.339 e. The van der Waals surface area contributed by atoms with E-state index in [1.165, 1.54) is 0 Å². The van der Waals surface area contributed by atoms with Gasteiger partial charge in [-0.3, -0.25) is 0 Å². The second-order valence-electron chi connectivity index (χ2n) is 6.11. The Labute approximate surface area is 126 Å². The molecule has 0 radical (unpaired) electrons. The molecule has 1 saturated carbocycles. The predicted octanol–water partition coefficient (Wildman–Crippen LogP) is 2.92. The van der Waals surface area contributed by atoms with E-state index < -0.39 is 5.97 Å². The molecule has 2 rings (SSSR count). The normalized spacial score (nSPS) is 14.5. The highest BCUT2D eigenvalue weighted by Gasteiger charge is 2.34. The number of aromatic nitrogens is 2. The van der Waals surface area contributed by atoms with E-state index in [0.717, 1.165) is 30.6 Å². The van der Waals surface area contributed by atoms with Crippen molar-refractivity contribution in [3.05, 3.63) is 16.8 Å². The van der Waals surface area contributed by atoms with Gasteiger partial charge in [-0.05, 0) is 37.2 Å². The van der Waals surface area contributed by atoms with Crippen LogP contribution in [-0.2, 0) is 12.8 Å². The van der Waals surface area contributed by atoms with E-state index in [0.29, 0.717) is 36.2 Å². The fourth-order valence-electron chi connectivity index (χ4n) is 2.78. The van der Waals surface area contributed by atoms with Crippen LogP contribution in [0.1, 0.15) is 62.2 Å². The summed E-state index contributed by atoms with van der Waals surface area (Å²) in [6, 6.07) is 0.428. The van der Waals surface area contributed by atoms with Gasteiger partial charge in [0.1, 0.15) is 5.56 Å². The van der Waals surface area contributed by atoms with E-state index in [9.17, 15) is 9.90 Å². The van der Waals surface area contributed by atoms with Crippen molar-refractivity contribution in [2.24, 2.45) is 5.92 Å². The molecule has 0 saturated heterocycles. The van der Waals surface area contributed by atoms with Crippen molar-refractivity contribution in [3.63, 3.8) is 0 Å². The summed E-state index contributed by atoms with van der Waals surface area (Å²) in [5.41, 5.74) is 2.00. The number of aryl methyl sites for hydroxylation is 1. The number of carbonyl (C=O) groups is 1. The molecule has 1 aliphatic carbocycles. The summed E-state index contributed by atoms with van der Waals surface area (Å²) in [4.78, 5) is 14.0. The smallest absolute Gasteiger partial charge is 0.339 e. The monoisotopic (exact) mass is 291 g/mol. The highest BCUT2D eigenvalue weighted by atomic mass is 16.4. The lowest BCUT2D eigenvalue weighted by molar-refractivity contribution is 0.0695. The van der Waals surface area contributed by atoms with Gasteiger partial charge in [-0.15, -0.1) is 5.10 Å². The fraction of sp³-hybridized carbons (Fsp3) is 0.688. The second-order valence-corrected chi connectivity index (χ2v) is 6.11. The van der Waals surface area contributed by atoms with E-state index in [1.54, 1.807) is 0 Å². The minimum atomic E-state index is -0.888. The first-order valence-electron chi connectivity index (χ1n) is 7.87. The van der Waals surface area contributed by atoms with E-state index in [-0.39, 0.29) is 0 Å². The fourth-order valence-corrected chi connectivity index (χ4v) is 2.78. The Balaban J connectivity index is 2.53. The van der Waals surface area contributed by atoms with Gasteiger partial charge < -0.3 is 10.0 Å². The average molecular weight is 291 g/mol. The first-order chi connectivity index (χ1) is 9.99. The average Bonchev–Trinajstić information content (AvgIpc) is 3.27. The summed E-state index contributed by atoms with van der Waals surface area (Å²) in [6.45, 7) is 9.08. The van der Waals surface area contributed by atoms with Crippen LogP contribution in [0, 0.1) is 5.92 Å². The highest BCUT2D eigenvalue weighted by Crippen LogP contribution is 2.34. The van der Waals surface area contributed by atoms with Crippen LogP contribution in [0.2, 0.25) is 0 Å².